The molecular formula is C25H28N2. The first-order chi connectivity index (χ1) is 13.3. The van der Waals surface area contributed by atoms with Crippen molar-refractivity contribution in [3.05, 3.63) is 71.5 Å². The molecule has 2 nitrogen and oxygen atoms in total. The van der Waals surface area contributed by atoms with Crippen LogP contribution in [0.5, 0.6) is 0 Å². The molecule has 0 spiro atoms. The van der Waals surface area contributed by atoms with E-state index in [9.17, 15) is 0 Å². The van der Waals surface area contributed by atoms with Crippen molar-refractivity contribution < 1.29 is 0 Å². The van der Waals surface area contributed by atoms with Crippen molar-refractivity contribution in [2.75, 3.05) is 18.0 Å². The fourth-order valence-corrected chi connectivity index (χ4v) is 4.03. The lowest BCUT2D eigenvalue weighted by Crippen LogP contribution is -2.25. The minimum absolute atomic E-state index is 1.03. The molecule has 4 rings (SSSR count). The van der Waals surface area contributed by atoms with E-state index in [1.54, 1.807) is 0 Å². The smallest absolute Gasteiger partial charge is 0.0650 e. The summed E-state index contributed by atoms with van der Waals surface area (Å²) >= 11 is 0. The summed E-state index contributed by atoms with van der Waals surface area (Å²) in [7, 11) is 0. The molecule has 138 valence electrons. The van der Waals surface area contributed by atoms with Crippen molar-refractivity contribution in [1.82, 2.24) is 4.98 Å². The molecule has 1 aliphatic rings. The van der Waals surface area contributed by atoms with Crippen LogP contribution in [0.2, 0.25) is 0 Å². The van der Waals surface area contributed by atoms with Crippen LogP contribution in [-0.4, -0.2) is 18.1 Å². The van der Waals surface area contributed by atoms with Gasteiger partial charge in [0.15, 0.2) is 0 Å². The Kier molecular flexibility index (Phi) is 5.53. The zero-order valence-corrected chi connectivity index (χ0v) is 16.2. The van der Waals surface area contributed by atoms with Gasteiger partial charge in [-0.1, -0.05) is 68.3 Å². The number of fused-ring (bicyclic) bond motifs is 1. The van der Waals surface area contributed by atoms with E-state index in [1.807, 2.05) is 0 Å². The molecule has 1 aromatic heterocycles. The fraction of sp³-hybridized carbons (Fsp3) is 0.320. The third-order valence-corrected chi connectivity index (χ3v) is 5.57. The summed E-state index contributed by atoms with van der Waals surface area (Å²) in [6, 6.07) is 17.3. The van der Waals surface area contributed by atoms with Gasteiger partial charge >= 0.3 is 0 Å². The second-order valence-corrected chi connectivity index (χ2v) is 7.39. The minimum atomic E-state index is 1.03. The van der Waals surface area contributed by atoms with Crippen molar-refractivity contribution in [2.45, 2.75) is 39.0 Å². The van der Waals surface area contributed by atoms with Gasteiger partial charge in [0.25, 0.3) is 0 Å². The molecule has 3 aromatic rings. The summed E-state index contributed by atoms with van der Waals surface area (Å²) in [6.07, 6.45) is 12.8. The van der Waals surface area contributed by atoms with Crippen molar-refractivity contribution in [1.29, 1.82) is 0 Å². The second kappa shape index (κ2) is 8.39. The highest BCUT2D eigenvalue weighted by Gasteiger charge is 2.13. The fourth-order valence-electron chi connectivity index (χ4n) is 4.03. The number of pyridine rings is 1. The molecular weight excluding hydrogens is 328 g/mol. The van der Waals surface area contributed by atoms with Crippen molar-refractivity contribution in [3.63, 3.8) is 0 Å². The van der Waals surface area contributed by atoms with Gasteiger partial charge in [-0.2, -0.15) is 0 Å². The highest BCUT2D eigenvalue weighted by Crippen LogP contribution is 2.26. The number of hydrogen-bond acceptors (Lipinski definition) is 2. The van der Waals surface area contributed by atoms with Crippen LogP contribution in [0.15, 0.2) is 54.7 Å². The summed E-state index contributed by atoms with van der Waals surface area (Å²) in [4.78, 5) is 7.28. The van der Waals surface area contributed by atoms with Gasteiger partial charge in [-0.05, 0) is 53.3 Å². The van der Waals surface area contributed by atoms with Gasteiger partial charge in [0.2, 0.25) is 0 Å². The summed E-state index contributed by atoms with van der Waals surface area (Å²) in [5.74, 6) is 0. The quantitative estimate of drug-likeness (QED) is 0.541. The maximum atomic E-state index is 4.71. The first kappa shape index (κ1) is 17.8. The first-order valence-electron chi connectivity index (χ1n) is 10.2. The lowest BCUT2D eigenvalue weighted by molar-refractivity contribution is 0.726. The maximum Gasteiger partial charge on any atom is 0.0650 e. The first-order valence-corrected chi connectivity index (χ1v) is 10.2. The number of anilines is 1. The van der Waals surface area contributed by atoms with E-state index in [-0.39, 0.29) is 0 Å². The Morgan fingerprint density at radius 1 is 0.926 bits per heavy atom. The SMILES string of the molecule is CCc1cnc(/C=C\c2cccc3ccccc23)cc1N1CCCCCC1. The standard InChI is InChI=1S/C25H28N2/c1-2-20-19-26-23(18-25(20)27-16-7-3-4-8-17-27)15-14-22-12-9-11-21-10-5-6-13-24(21)22/h5-6,9-15,18-19H,2-4,7-8,16-17H2,1H3/b15-14-. The van der Waals surface area contributed by atoms with Crippen LogP contribution in [0.4, 0.5) is 5.69 Å². The Morgan fingerprint density at radius 2 is 1.70 bits per heavy atom. The van der Waals surface area contributed by atoms with E-state index in [2.05, 4.69) is 78.7 Å². The predicted octanol–water partition coefficient (Wildman–Crippen LogP) is 6.35. The second-order valence-electron chi connectivity index (χ2n) is 7.39. The molecule has 1 aliphatic heterocycles. The minimum Gasteiger partial charge on any atom is -0.371 e. The molecule has 0 aliphatic carbocycles. The van der Waals surface area contributed by atoms with Gasteiger partial charge in [0.05, 0.1) is 5.69 Å². The highest BCUT2D eigenvalue weighted by molar-refractivity contribution is 5.92. The lowest BCUT2D eigenvalue weighted by Gasteiger charge is -2.25. The largest absolute Gasteiger partial charge is 0.371 e. The summed E-state index contributed by atoms with van der Waals surface area (Å²) in [5, 5.41) is 2.56. The van der Waals surface area contributed by atoms with Gasteiger partial charge < -0.3 is 4.90 Å². The molecule has 2 heterocycles. The molecule has 0 bridgehead atoms. The third kappa shape index (κ3) is 4.05. The van der Waals surface area contributed by atoms with E-state index < -0.39 is 0 Å². The van der Waals surface area contributed by atoms with E-state index in [4.69, 9.17) is 4.98 Å². The van der Waals surface area contributed by atoms with Crippen LogP contribution in [0, 0.1) is 0 Å². The van der Waals surface area contributed by atoms with Crippen LogP contribution in [-0.2, 0) is 6.42 Å². The molecule has 0 atom stereocenters. The molecule has 1 fully saturated rings. The molecule has 27 heavy (non-hydrogen) atoms. The van der Waals surface area contributed by atoms with Crippen LogP contribution in [0.3, 0.4) is 0 Å². The van der Waals surface area contributed by atoms with E-state index >= 15 is 0 Å². The molecule has 0 N–H and O–H groups in total. The van der Waals surface area contributed by atoms with E-state index in [1.165, 1.54) is 66.4 Å². The number of nitrogens with zero attached hydrogens (tertiary/aromatic N) is 2. The van der Waals surface area contributed by atoms with Gasteiger partial charge in [0.1, 0.15) is 0 Å². The van der Waals surface area contributed by atoms with E-state index in [0.29, 0.717) is 0 Å². The summed E-state index contributed by atoms with van der Waals surface area (Å²) in [5.41, 5.74) is 5.02. The van der Waals surface area contributed by atoms with Gasteiger partial charge in [-0.25, -0.2) is 0 Å². The number of aromatic nitrogens is 1. The normalized spacial score (nSPS) is 15.4. The Bertz CT molecular complexity index is 929. The van der Waals surface area contributed by atoms with Crippen LogP contribution >= 0.6 is 0 Å². The Hall–Kier alpha value is -2.61. The van der Waals surface area contributed by atoms with Crippen molar-refractivity contribution >= 4 is 28.6 Å². The Morgan fingerprint density at radius 3 is 2.52 bits per heavy atom. The maximum absolute atomic E-state index is 4.71. The average molecular weight is 357 g/mol. The molecule has 0 unspecified atom stereocenters. The van der Waals surface area contributed by atoms with Gasteiger partial charge in [0, 0.05) is 25.0 Å². The Labute approximate surface area is 162 Å². The number of benzene rings is 2. The highest BCUT2D eigenvalue weighted by atomic mass is 15.1. The number of rotatable bonds is 4. The van der Waals surface area contributed by atoms with Crippen LogP contribution in [0.1, 0.15) is 49.4 Å². The molecule has 0 saturated carbocycles. The number of hydrogen-bond donors (Lipinski definition) is 0. The lowest BCUT2D eigenvalue weighted by atomic mass is 10.0. The summed E-state index contributed by atoms with van der Waals surface area (Å²) < 4.78 is 0. The van der Waals surface area contributed by atoms with E-state index in [0.717, 1.165) is 12.1 Å². The summed E-state index contributed by atoms with van der Waals surface area (Å²) in [6.45, 7) is 4.57. The zero-order chi connectivity index (χ0) is 18.5. The van der Waals surface area contributed by atoms with Crippen LogP contribution < -0.4 is 4.90 Å². The molecule has 0 radical (unpaired) electrons. The molecule has 2 aromatic carbocycles. The topological polar surface area (TPSA) is 16.1 Å². The van der Waals surface area contributed by atoms with Crippen molar-refractivity contribution in [2.24, 2.45) is 0 Å². The predicted molar refractivity (Wildman–Crippen MR) is 117 cm³/mol. The number of aryl methyl sites for hydroxylation is 1. The molecule has 1 saturated heterocycles. The van der Waals surface area contributed by atoms with Gasteiger partial charge in [-0.3, -0.25) is 4.98 Å². The average Bonchev–Trinajstić information content (AvgIpc) is 3.01. The van der Waals surface area contributed by atoms with Gasteiger partial charge in [-0.15, -0.1) is 0 Å². The Balaban J connectivity index is 1.65. The zero-order valence-electron chi connectivity index (χ0n) is 16.2. The van der Waals surface area contributed by atoms with Crippen LogP contribution in [0.25, 0.3) is 22.9 Å². The molecule has 0 amide bonds. The monoisotopic (exact) mass is 356 g/mol. The molecule has 2 heteroatoms. The van der Waals surface area contributed by atoms with Crippen molar-refractivity contribution in [3.8, 4) is 0 Å². The third-order valence-electron chi connectivity index (χ3n) is 5.57.